The molecule has 2 aromatic rings. The van der Waals surface area contributed by atoms with Crippen molar-refractivity contribution >= 4 is 23.4 Å². The summed E-state index contributed by atoms with van der Waals surface area (Å²) in [5.41, 5.74) is 3.62. The lowest BCUT2D eigenvalue weighted by molar-refractivity contribution is 0.150. The molecule has 1 fully saturated rings. The summed E-state index contributed by atoms with van der Waals surface area (Å²) in [6.45, 7) is 7.26. The van der Waals surface area contributed by atoms with E-state index in [0.717, 1.165) is 43.3 Å². The topological polar surface area (TPSA) is 26.7 Å². The second-order valence-corrected chi connectivity index (χ2v) is 8.93. The van der Waals surface area contributed by atoms with Crippen molar-refractivity contribution in [1.82, 2.24) is 9.80 Å². The van der Waals surface area contributed by atoms with Crippen molar-refractivity contribution in [2.24, 2.45) is 0 Å². The number of nitrogens with zero attached hydrogens (tertiary/aromatic N) is 2. The van der Waals surface area contributed by atoms with E-state index in [1.165, 1.54) is 20.9 Å². The van der Waals surface area contributed by atoms with E-state index in [2.05, 4.69) is 41.1 Å². The summed E-state index contributed by atoms with van der Waals surface area (Å²) in [4.78, 5) is 7.54. The first-order chi connectivity index (χ1) is 12.5. The summed E-state index contributed by atoms with van der Waals surface area (Å²) in [6, 6.07) is 12.7. The summed E-state index contributed by atoms with van der Waals surface area (Å²) in [6.07, 6.45) is -0.449. The number of aliphatic hydroxyl groups is 1. The maximum absolute atomic E-state index is 10.1. The third kappa shape index (κ3) is 3.67. The molecular weight excluding hydrogens is 364 g/mol. The van der Waals surface area contributed by atoms with Crippen LogP contribution in [-0.2, 0) is 0 Å². The van der Waals surface area contributed by atoms with E-state index in [9.17, 15) is 5.11 Å². The molecule has 0 spiro atoms. The van der Waals surface area contributed by atoms with Gasteiger partial charge in [0, 0.05) is 53.5 Å². The number of hydrogen-bond acceptors (Lipinski definition) is 4. The van der Waals surface area contributed by atoms with Crippen LogP contribution in [-0.4, -0.2) is 54.7 Å². The molecule has 4 rings (SSSR count). The summed E-state index contributed by atoms with van der Waals surface area (Å²) >= 11 is 8.15. The van der Waals surface area contributed by atoms with E-state index in [1.54, 1.807) is 0 Å². The summed E-state index contributed by atoms with van der Waals surface area (Å²) in [5, 5.41) is 10.9. The molecular formula is C21H25ClN2OS. The maximum atomic E-state index is 10.1. The average Bonchev–Trinajstić information content (AvgIpc) is 2.63. The molecule has 5 heteroatoms. The molecule has 2 atom stereocenters. The Morgan fingerprint density at radius 1 is 1.08 bits per heavy atom. The SMILES string of the molecule is CC(O)c1ccc2c(c1)C(CN1CCN(C)CC1)c1cc(Cl)ccc1S2. The van der Waals surface area contributed by atoms with E-state index in [-0.39, 0.29) is 0 Å². The van der Waals surface area contributed by atoms with Crippen LogP contribution < -0.4 is 0 Å². The molecule has 1 saturated heterocycles. The maximum Gasteiger partial charge on any atom is 0.0762 e. The number of aliphatic hydroxyl groups excluding tert-OH is 1. The van der Waals surface area contributed by atoms with E-state index < -0.39 is 6.10 Å². The highest BCUT2D eigenvalue weighted by atomic mass is 35.5. The van der Waals surface area contributed by atoms with E-state index >= 15 is 0 Å². The molecule has 0 amide bonds. The molecule has 0 radical (unpaired) electrons. The Morgan fingerprint density at radius 2 is 1.73 bits per heavy atom. The highest BCUT2D eigenvalue weighted by molar-refractivity contribution is 7.99. The van der Waals surface area contributed by atoms with Crippen LogP contribution in [0, 0.1) is 0 Å². The third-order valence-corrected chi connectivity index (χ3v) is 6.91. The molecule has 26 heavy (non-hydrogen) atoms. The van der Waals surface area contributed by atoms with Crippen molar-refractivity contribution in [2.45, 2.75) is 28.7 Å². The molecule has 2 aliphatic rings. The van der Waals surface area contributed by atoms with Crippen LogP contribution in [0.2, 0.25) is 5.02 Å². The Balaban J connectivity index is 1.72. The lowest BCUT2D eigenvalue weighted by Gasteiger charge is -2.37. The number of rotatable bonds is 3. The number of piperazine rings is 1. The normalized spacial score (nSPS) is 21.9. The van der Waals surface area contributed by atoms with Crippen molar-refractivity contribution in [2.75, 3.05) is 39.8 Å². The van der Waals surface area contributed by atoms with E-state index in [0.29, 0.717) is 5.92 Å². The lowest BCUT2D eigenvalue weighted by Crippen LogP contribution is -2.46. The van der Waals surface area contributed by atoms with Gasteiger partial charge < -0.3 is 10.0 Å². The van der Waals surface area contributed by atoms with Gasteiger partial charge in [-0.3, -0.25) is 4.90 Å². The molecule has 2 unspecified atom stereocenters. The van der Waals surface area contributed by atoms with Crippen LogP contribution in [0.15, 0.2) is 46.2 Å². The molecule has 2 heterocycles. The van der Waals surface area contributed by atoms with Gasteiger partial charge in [0.1, 0.15) is 0 Å². The highest BCUT2D eigenvalue weighted by Crippen LogP contribution is 2.47. The molecule has 0 bridgehead atoms. The number of benzene rings is 2. The van der Waals surface area contributed by atoms with Crippen LogP contribution in [0.3, 0.4) is 0 Å². The van der Waals surface area contributed by atoms with Gasteiger partial charge in [0.25, 0.3) is 0 Å². The van der Waals surface area contributed by atoms with Gasteiger partial charge in [-0.05, 0) is 54.9 Å². The minimum Gasteiger partial charge on any atom is -0.389 e. The van der Waals surface area contributed by atoms with Gasteiger partial charge in [0.2, 0.25) is 0 Å². The van der Waals surface area contributed by atoms with E-state index in [1.807, 2.05) is 30.8 Å². The second kappa shape index (κ2) is 7.53. The summed E-state index contributed by atoms with van der Waals surface area (Å²) < 4.78 is 0. The predicted octanol–water partition coefficient (Wildman–Crippen LogP) is 4.24. The Bertz CT molecular complexity index is 803. The van der Waals surface area contributed by atoms with Crippen LogP contribution >= 0.6 is 23.4 Å². The van der Waals surface area contributed by atoms with Gasteiger partial charge in [-0.15, -0.1) is 0 Å². The number of fused-ring (bicyclic) bond motifs is 2. The smallest absolute Gasteiger partial charge is 0.0762 e. The first kappa shape index (κ1) is 18.3. The molecule has 0 aliphatic carbocycles. The summed E-state index contributed by atoms with van der Waals surface area (Å²) in [7, 11) is 2.19. The fraction of sp³-hybridized carbons (Fsp3) is 0.429. The number of halogens is 1. The fourth-order valence-electron chi connectivity index (χ4n) is 3.85. The minimum atomic E-state index is -0.449. The van der Waals surface area contributed by atoms with Crippen LogP contribution in [0.1, 0.15) is 35.6 Å². The molecule has 0 saturated carbocycles. The zero-order valence-electron chi connectivity index (χ0n) is 15.3. The first-order valence-corrected chi connectivity index (χ1v) is 10.4. The molecule has 1 N–H and O–H groups in total. The van der Waals surface area contributed by atoms with Crippen molar-refractivity contribution < 1.29 is 5.11 Å². The quantitative estimate of drug-likeness (QED) is 0.850. The molecule has 2 aromatic carbocycles. The number of likely N-dealkylation sites (N-methyl/N-ethyl adjacent to an activating group) is 1. The van der Waals surface area contributed by atoms with Gasteiger partial charge in [0.15, 0.2) is 0 Å². The Kier molecular flexibility index (Phi) is 5.31. The highest BCUT2D eigenvalue weighted by Gasteiger charge is 2.29. The average molecular weight is 389 g/mol. The number of hydrogen-bond donors (Lipinski definition) is 1. The van der Waals surface area contributed by atoms with Gasteiger partial charge >= 0.3 is 0 Å². The third-order valence-electron chi connectivity index (χ3n) is 5.50. The monoisotopic (exact) mass is 388 g/mol. The lowest BCUT2D eigenvalue weighted by atomic mass is 9.88. The van der Waals surface area contributed by atoms with Crippen molar-refractivity contribution in [3.63, 3.8) is 0 Å². The Hall–Kier alpha value is -1.04. The predicted molar refractivity (Wildman–Crippen MR) is 108 cm³/mol. The molecule has 2 aliphatic heterocycles. The Morgan fingerprint density at radius 3 is 2.42 bits per heavy atom. The van der Waals surface area contributed by atoms with Gasteiger partial charge in [-0.1, -0.05) is 35.5 Å². The van der Waals surface area contributed by atoms with Crippen molar-refractivity contribution in [3.8, 4) is 0 Å². The van der Waals surface area contributed by atoms with Gasteiger partial charge in [-0.25, -0.2) is 0 Å². The largest absolute Gasteiger partial charge is 0.389 e. The first-order valence-electron chi connectivity index (χ1n) is 9.21. The zero-order valence-corrected chi connectivity index (χ0v) is 16.9. The fourth-order valence-corrected chi connectivity index (χ4v) is 5.18. The van der Waals surface area contributed by atoms with Crippen molar-refractivity contribution in [1.29, 1.82) is 0 Å². The Labute approximate surface area is 165 Å². The molecule has 3 nitrogen and oxygen atoms in total. The standard InChI is InChI=1S/C21H25ClN2OS/c1-14(25)15-3-5-20-17(11-15)19(13-24-9-7-23(2)8-10-24)18-12-16(22)4-6-21(18)26-20/h3-6,11-12,14,19,25H,7-10,13H2,1-2H3. The second-order valence-electron chi connectivity index (χ2n) is 7.41. The molecule has 138 valence electrons. The summed E-state index contributed by atoms with van der Waals surface area (Å²) in [5.74, 6) is 0.294. The zero-order chi connectivity index (χ0) is 18.3. The minimum absolute atomic E-state index is 0.294. The van der Waals surface area contributed by atoms with Crippen molar-refractivity contribution in [3.05, 3.63) is 58.1 Å². The molecule has 0 aromatic heterocycles. The van der Waals surface area contributed by atoms with Gasteiger partial charge in [-0.2, -0.15) is 0 Å². The van der Waals surface area contributed by atoms with Crippen LogP contribution in [0.25, 0.3) is 0 Å². The van der Waals surface area contributed by atoms with Crippen LogP contribution in [0.5, 0.6) is 0 Å². The van der Waals surface area contributed by atoms with Gasteiger partial charge in [0.05, 0.1) is 6.10 Å². The van der Waals surface area contributed by atoms with E-state index in [4.69, 9.17) is 11.6 Å². The van der Waals surface area contributed by atoms with Crippen LogP contribution in [0.4, 0.5) is 0 Å².